The standard InChI is InChI=1S/C23H33NO2Si/c1-23(2,3)27(5,6)26-18-17-25-22-15-11-20(12-16-22)8-7-19-9-13-21(24-4)14-10-19/h7-16,24H,17-18H2,1-6H3. The lowest BCUT2D eigenvalue weighted by Crippen LogP contribution is -2.41. The summed E-state index contributed by atoms with van der Waals surface area (Å²) >= 11 is 0. The van der Waals surface area contributed by atoms with Gasteiger partial charge in [-0.3, -0.25) is 0 Å². The molecule has 0 aliphatic carbocycles. The average Bonchev–Trinajstić information content (AvgIpc) is 2.64. The first kappa shape index (κ1) is 21.3. The number of nitrogens with one attached hydrogen (secondary N) is 1. The van der Waals surface area contributed by atoms with Gasteiger partial charge in [0.1, 0.15) is 12.4 Å². The van der Waals surface area contributed by atoms with Crippen molar-refractivity contribution < 1.29 is 9.16 Å². The molecular weight excluding hydrogens is 350 g/mol. The molecule has 0 fully saturated rings. The lowest BCUT2D eigenvalue weighted by molar-refractivity contribution is 0.203. The highest BCUT2D eigenvalue weighted by molar-refractivity contribution is 6.74. The lowest BCUT2D eigenvalue weighted by atomic mass is 10.1. The quantitative estimate of drug-likeness (QED) is 0.330. The third-order valence-corrected chi connectivity index (χ3v) is 9.71. The van der Waals surface area contributed by atoms with Crippen LogP contribution in [0.3, 0.4) is 0 Å². The summed E-state index contributed by atoms with van der Waals surface area (Å²) in [5, 5.41) is 3.36. The van der Waals surface area contributed by atoms with Gasteiger partial charge in [-0.1, -0.05) is 57.2 Å². The van der Waals surface area contributed by atoms with E-state index in [-0.39, 0.29) is 5.04 Å². The molecule has 0 saturated heterocycles. The summed E-state index contributed by atoms with van der Waals surface area (Å²) in [5.41, 5.74) is 3.45. The minimum atomic E-state index is -1.69. The fourth-order valence-electron chi connectivity index (χ4n) is 2.30. The molecule has 3 nitrogen and oxygen atoms in total. The molecule has 146 valence electrons. The van der Waals surface area contributed by atoms with Crippen molar-refractivity contribution in [2.45, 2.75) is 38.9 Å². The molecule has 0 atom stereocenters. The van der Waals surface area contributed by atoms with Gasteiger partial charge in [0.25, 0.3) is 0 Å². The highest BCUT2D eigenvalue weighted by Crippen LogP contribution is 2.36. The largest absolute Gasteiger partial charge is 0.491 e. The molecule has 2 rings (SSSR count). The number of benzene rings is 2. The number of hydrogen-bond donors (Lipinski definition) is 1. The van der Waals surface area contributed by atoms with E-state index in [9.17, 15) is 0 Å². The van der Waals surface area contributed by atoms with Crippen molar-refractivity contribution >= 4 is 26.2 Å². The van der Waals surface area contributed by atoms with Crippen molar-refractivity contribution in [2.24, 2.45) is 0 Å². The van der Waals surface area contributed by atoms with Crippen LogP contribution in [0.25, 0.3) is 12.2 Å². The van der Waals surface area contributed by atoms with Gasteiger partial charge in [0.05, 0.1) is 6.61 Å². The van der Waals surface area contributed by atoms with Gasteiger partial charge < -0.3 is 14.5 Å². The Balaban J connectivity index is 1.82. The second-order valence-electron chi connectivity index (χ2n) is 8.23. The van der Waals surface area contributed by atoms with Crippen LogP contribution in [0.2, 0.25) is 18.1 Å². The molecule has 0 aliphatic rings. The first-order valence-corrected chi connectivity index (χ1v) is 12.4. The van der Waals surface area contributed by atoms with E-state index in [1.807, 2.05) is 19.2 Å². The van der Waals surface area contributed by atoms with Crippen LogP contribution in [0, 0.1) is 0 Å². The Morgan fingerprint density at radius 2 is 1.37 bits per heavy atom. The fourth-order valence-corrected chi connectivity index (χ4v) is 3.33. The van der Waals surface area contributed by atoms with E-state index >= 15 is 0 Å². The summed E-state index contributed by atoms with van der Waals surface area (Å²) in [6.45, 7) is 12.5. The predicted molar refractivity (Wildman–Crippen MR) is 120 cm³/mol. The van der Waals surface area contributed by atoms with Crippen molar-refractivity contribution in [3.05, 3.63) is 59.7 Å². The van der Waals surface area contributed by atoms with Crippen molar-refractivity contribution in [1.29, 1.82) is 0 Å². The molecule has 0 aromatic heterocycles. The zero-order chi connectivity index (χ0) is 19.9. The molecule has 0 radical (unpaired) electrons. The van der Waals surface area contributed by atoms with E-state index in [2.05, 4.69) is 87.7 Å². The Hall–Kier alpha value is -2.04. The summed E-state index contributed by atoms with van der Waals surface area (Å²) in [6.07, 6.45) is 4.22. The zero-order valence-corrected chi connectivity index (χ0v) is 18.5. The minimum absolute atomic E-state index is 0.231. The first-order chi connectivity index (χ1) is 12.7. The summed E-state index contributed by atoms with van der Waals surface area (Å²) < 4.78 is 12.0. The van der Waals surface area contributed by atoms with Crippen molar-refractivity contribution in [3.63, 3.8) is 0 Å². The SMILES string of the molecule is CNc1ccc(C=Cc2ccc(OCCO[Si](C)(C)C(C)(C)C)cc2)cc1. The molecule has 0 saturated carbocycles. The number of ether oxygens (including phenoxy) is 1. The molecule has 0 heterocycles. The molecule has 0 spiro atoms. The van der Waals surface area contributed by atoms with E-state index in [1.165, 1.54) is 5.56 Å². The van der Waals surface area contributed by atoms with Gasteiger partial charge in [0.15, 0.2) is 8.32 Å². The van der Waals surface area contributed by atoms with Gasteiger partial charge in [-0.05, 0) is 53.5 Å². The van der Waals surface area contributed by atoms with E-state index < -0.39 is 8.32 Å². The maximum absolute atomic E-state index is 6.14. The molecule has 0 bridgehead atoms. The third kappa shape index (κ3) is 6.56. The lowest BCUT2D eigenvalue weighted by Gasteiger charge is -2.36. The Kier molecular flexibility index (Phi) is 7.28. The highest BCUT2D eigenvalue weighted by atomic mass is 28.4. The van der Waals surface area contributed by atoms with Crippen molar-refractivity contribution in [3.8, 4) is 5.75 Å². The molecule has 27 heavy (non-hydrogen) atoms. The number of hydrogen-bond acceptors (Lipinski definition) is 3. The Morgan fingerprint density at radius 1 is 0.852 bits per heavy atom. The van der Waals surface area contributed by atoms with Crippen LogP contribution in [0.5, 0.6) is 5.75 Å². The first-order valence-electron chi connectivity index (χ1n) is 9.54. The second kappa shape index (κ2) is 9.24. The van der Waals surface area contributed by atoms with Crippen molar-refractivity contribution in [2.75, 3.05) is 25.6 Å². The van der Waals surface area contributed by atoms with E-state index in [0.717, 1.165) is 17.0 Å². The molecule has 0 amide bonds. The summed E-state index contributed by atoms with van der Waals surface area (Å²) in [7, 11) is 0.230. The van der Waals surface area contributed by atoms with E-state index in [1.54, 1.807) is 0 Å². The van der Waals surface area contributed by atoms with Gasteiger partial charge in [-0.2, -0.15) is 0 Å². The van der Waals surface area contributed by atoms with E-state index in [0.29, 0.717) is 13.2 Å². The van der Waals surface area contributed by atoms with Crippen LogP contribution >= 0.6 is 0 Å². The van der Waals surface area contributed by atoms with Crippen molar-refractivity contribution in [1.82, 2.24) is 0 Å². The predicted octanol–water partition coefficient (Wildman–Crippen LogP) is 6.30. The van der Waals surface area contributed by atoms with Crippen LogP contribution in [-0.2, 0) is 4.43 Å². The van der Waals surface area contributed by atoms with Crippen LogP contribution in [-0.4, -0.2) is 28.6 Å². The minimum Gasteiger partial charge on any atom is -0.491 e. The molecule has 1 N–H and O–H groups in total. The maximum atomic E-state index is 6.14. The van der Waals surface area contributed by atoms with Gasteiger partial charge in [-0.25, -0.2) is 0 Å². The van der Waals surface area contributed by atoms with Gasteiger partial charge in [-0.15, -0.1) is 0 Å². The van der Waals surface area contributed by atoms with Gasteiger partial charge in [0.2, 0.25) is 0 Å². The zero-order valence-electron chi connectivity index (χ0n) is 17.5. The van der Waals surface area contributed by atoms with E-state index in [4.69, 9.17) is 9.16 Å². The molecule has 0 aliphatic heterocycles. The topological polar surface area (TPSA) is 30.5 Å². The fraction of sp³-hybridized carbons (Fsp3) is 0.391. The molecule has 4 heteroatoms. The highest BCUT2D eigenvalue weighted by Gasteiger charge is 2.36. The summed E-state index contributed by atoms with van der Waals surface area (Å²) in [4.78, 5) is 0. The maximum Gasteiger partial charge on any atom is 0.192 e. The Labute approximate surface area is 165 Å². The normalized spacial score (nSPS) is 12.4. The van der Waals surface area contributed by atoms with Gasteiger partial charge in [0, 0.05) is 12.7 Å². The average molecular weight is 384 g/mol. The number of rotatable bonds is 8. The smallest absolute Gasteiger partial charge is 0.192 e. The molecule has 2 aromatic rings. The summed E-state index contributed by atoms with van der Waals surface area (Å²) in [6, 6.07) is 16.5. The van der Waals surface area contributed by atoms with Crippen LogP contribution in [0.15, 0.2) is 48.5 Å². The number of anilines is 1. The summed E-state index contributed by atoms with van der Waals surface area (Å²) in [5.74, 6) is 0.879. The monoisotopic (exact) mass is 383 g/mol. The van der Waals surface area contributed by atoms with Gasteiger partial charge >= 0.3 is 0 Å². The Bertz CT molecular complexity index is 728. The van der Waals surface area contributed by atoms with Crippen LogP contribution < -0.4 is 10.1 Å². The molecule has 0 unspecified atom stereocenters. The van der Waals surface area contributed by atoms with Crippen LogP contribution in [0.4, 0.5) is 5.69 Å². The Morgan fingerprint density at radius 3 is 1.85 bits per heavy atom. The third-order valence-electron chi connectivity index (χ3n) is 5.17. The second-order valence-corrected chi connectivity index (χ2v) is 13.0. The molecular formula is C23H33NO2Si. The van der Waals surface area contributed by atoms with Crippen LogP contribution in [0.1, 0.15) is 31.9 Å². The molecule has 2 aromatic carbocycles.